The minimum absolute atomic E-state index is 0.118. The predicted molar refractivity (Wildman–Crippen MR) is 47.6 cm³/mol. The van der Waals surface area contributed by atoms with Crippen molar-refractivity contribution in [1.29, 1.82) is 0 Å². The molecule has 2 heterocycles. The highest BCUT2D eigenvalue weighted by molar-refractivity contribution is 5.81. The lowest BCUT2D eigenvalue weighted by atomic mass is 10.1. The number of carbonyl (C=O) groups excluding carboxylic acids is 1. The van der Waals surface area contributed by atoms with Crippen molar-refractivity contribution in [3.05, 3.63) is 0 Å². The average Bonchev–Trinajstić information content (AvgIpc) is 2.58. The number of rotatable bonds is 1. The van der Waals surface area contributed by atoms with Gasteiger partial charge >= 0.3 is 0 Å². The maximum absolute atomic E-state index is 11.4. The van der Waals surface area contributed by atoms with E-state index in [1.165, 1.54) is 0 Å². The molecule has 2 fully saturated rings. The second kappa shape index (κ2) is 3.18. The summed E-state index contributed by atoms with van der Waals surface area (Å²) < 4.78 is 16.5. The van der Waals surface area contributed by atoms with Gasteiger partial charge in [-0.25, -0.2) is 0 Å². The normalized spacial score (nSPS) is 39.5. The number of carbonyl (C=O) groups is 1. The van der Waals surface area contributed by atoms with E-state index >= 15 is 0 Å². The van der Waals surface area contributed by atoms with Gasteiger partial charge in [-0.2, -0.15) is 0 Å². The van der Waals surface area contributed by atoms with Crippen LogP contribution in [0.5, 0.6) is 0 Å². The summed E-state index contributed by atoms with van der Waals surface area (Å²) >= 11 is 0. The molecule has 2 saturated heterocycles. The average molecular weight is 201 g/mol. The highest BCUT2D eigenvalue weighted by Crippen LogP contribution is 2.35. The largest absolute Gasteiger partial charge is 0.363 e. The van der Waals surface area contributed by atoms with Gasteiger partial charge in [0.05, 0.1) is 6.61 Å². The van der Waals surface area contributed by atoms with Gasteiger partial charge in [0.1, 0.15) is 12.2 Å². The second-order valence-corrected chi connectivity index (χ2v) is 4.01. The van der Waals surface area contributed by atoms with Crippen molar-refractivity contribution in [3.8, 4) is 0 Å². The molecule has 0 aromatic rings. The zero-order valence-corrected chi connectivity index (χ0v) is 8.57. The first kappa shape index (κ1) is 9.89. The van der Waals surface area contributed by atoms with Gasteiger partial charge in [-0.05, 0) is 13.8 Å². The first-order chi connectivity index (χ1) is 6.53. The number of fused-ring (bicyclic) bond motifs is 1. The van der Waals surface area contributed by atoms with Crippen molar-refractivity contribution in [2.75, 3.05) is 13.7 Å². The number of hydrogen-bond acceptors (Lipinski definition) is 4. The number of ether oxygens (including phenoxy) is 3. The van der Waals surface area contributed by atoms with E-state index in [2.05, 4.69) is 5.32 Å². The Hall–Kier alpha value is -0.650. The number of amides is 1. The predicted octanol–water partition coefficient (Wildman–Crippen LogP) is -0.349. The van der Waals surface area contributed by atoms with Crippen LogP contribution in [0.1, 0.15) is 13.8 Å². The molecule has 3 unspecified atom stereocenters. The topological polar surface area (TPSA) is 56.8 Å². The van der Waals surface area contributed by atoms with Gasteiger partial charge in [-0.1, -0.05) is 0 Å². The molecule has 14 heavy (non-hydrogen) atoms. The Morgan fingerprint density at radius 2 is 2.14 bits per heavy atom. The van der Waals surface area contributed by atoms with Gasteiger partial charge < -0.3 is 19.5 Å². The summed E-state index contributed by atoms with van der Waals surface area (Å²) in [5.41, 5.74) is 0. The van der Waals surface area contributed by atoms with E-state index in [1.807, 2.05) is 13.8 Å². The third kappa shape index (κ3) is 1.51. The molecule has 2 rings (SSSR count). The van der Waals surface area contributed by atoms with Crippen molar-refractivity contribution in [1.82, 2.24) is 5.32 Å². The molecule has 0 radical (unpaired) electrons. The summed E-state index contributed by atoms with van der Waals surface area (Å²) in [4.78, 5) is 11.4. The van der Waals surface area contributed by atoms with Crippen LogP contribution >= 0.6 is 0 Å². The minimum Gasteiger partial charge on any atom is -0.363 e. The quantitative estimate of drug-likeness (QED) is 0.630. The van der Waals surface area contributed by atoms with Crippen molar-refractivity contribution in [3.63, 3.8) is 0 Å². The van der Waals surface area contributed by atoms with Crippen LogP contribution in [0.15, 0.2) is 0 Å². The van der Waals surface area contributed by atoms with E-state index in [4.69, 9.17) is 14.2 Å². The maximum Gasteiger partial charge on any atom is 0.251 e. The summed E-state index contributed by atoms with van der Waals surface area (Å²) in [6.07, 6.45) is -0.927. The molecule has 0 bridgehead atoms. The van der Waals surface area contributed by atoms with Crippen molar-refractivity contribution >= 4 is 5.91 Å². The van der Waals surface area contributed by atoms with Crippen LogP contribution in [0, 0.1) is 0 Å². The first-order valence-electron chi connectivity index (χ1n) is 4.72. The van der Waals surface area contributed by atoms with Gasteiger partial charge in [-0.3, -0.25) is 4.79 Å². The molecule has 2 aliphatic heterocycles. The SMILES string of the molecule is CNC(=O)C1OCC2OC(C)(C)OC21. The molecule has 5 nitrogen and oxygen atoms in total. The maximum atomic E-state index is 11.4. The molecule has 2 aliphatic rings. The fraction of sp³-hybridized carbons (Fsp3) is 0.889. The van der Waals surface area contributed by atoms with E-state index in [9.17, 15) is 4.79 Å². The van der Waals surface area contributed by atoms with Crippen LogP contribution in [0.2, 0.25) is 0 Å². The molecule has 5 heteroatoms. The Labute approximate surface area is 82.7 Å². The lowest BCUT2D eigenvalue weighted by Crippen LogP contribution is -2.41. The summed E-state index contributed by atoms with van der Waals surface area (Å²) in [6, 6.07) is 0. The first-order valence-corrected chi connectivity index (χ1v) is 4.72. The lowest BCUT2D eigenvalue weighted by molar-refractivity contribution is -0.178. The summed E-state index contributed by atoms with van der Waals surface area (Å²) in [5, 5.41) is 2.55. The Balaban J connectivity index is 2.08. The Kier molecular flexibility index (Phi) is 2.25. The molecule has 80 valence electrons. The molecule has 1 amide bonds. The number of nitrogens with one attached hydrogen (secondary N) is 1. The molecule has 3 atom stereocenters. The Morgan fingerprint density at radius 1 is 1.43 bits per heavy atom. The van der Waals surface area contributed by atoms with Gasteiger partial charge in [-0.15, -0.1) is 0 Å². The van der Waals surface area contributed by atoms with Gasteiger partial charge in [0.25, 0.3) is 5.91 Å². The highest BCUT2D eigenvalue weighted by atomic mass is 16.8. The summed E-state index contributed by atoms with van der Waals surface area (Å²) in [5.74, 6) is -0.760. The molecule has 0 aromatic heterocycles. The van der Waals surface area contributed by atoms with E-state index in [1.54, 1.807) is 7.05 Å². The van der Waals surface area contributed by atoms with Crippen LogP contribution in [0.4, 0.5) is 0 Å². The highest BCUT2D eigenvalue weighted by Gasteiger charge is 2.52. The van der Waals surface area contributed by atoms with Gasteiger partial charge in [0.2, 0.25) is 0 Å². The Morgan fingerprint density at radius 3 is 2.79 bits per heavy atom. The zero-order valence-electron chi connectivity index (χ0n) is 8.57. The second-order valence-electron chi connectivity index (χ2n) is 4.01. The number of likely N-dealkylation sites (N-methyl/N-ethyl adjacent to an activating group) is 1. The standard InChI is InChI=1S/C9H15NO4/c1-9(2)13-5-4-12-7(6(5)14-9)8(11)10-3/h5-7H,4H2,1-3H3,(H,10,11). The summed E-state index contributed by atoms with van der Waals surface area (Å²) in [6.45, 7) is 4.10. The lowest BCUT2D eigenvalue weighted by Gasteiger charge is -2.20. The Bertz CT molecular complexity index is 253. The van der Waals surface area contributed by atoms with E-state index < -0.39 is 11.9 Å². The van der Waals surface area contributed by atoms with Gasteiger partial charge in [0.15, 0.2) is 11.9 Å². The van der Waals surface area contributed by atoms with Crippen molar-refractivity contribution in [2.24, 2.45) is 0 Å². The van der Waals surface area contributed by atoms with Crippen LogP contribution in [0.25, 0.3) is 0 Å². The third-order valence-corrected chi connectivity index (χ3v) is 2.46. The van der Waals surface area contributed by atoms with Crippen LogP contribution in [0.3, 0.4) is 0 Å². The molecule has 0 aromatic carbocycles. The van der Waals surface area contributed by atoms with Gasteiger partial charge in [0, 0.05) is 7.05 Å². The fourth-order valence-electron chi connectivity index (χ4n) is 1.91. The summed E-state index contributed by atoms with van der Waals surface area (Å²) in [7, 11) is 1.58. The minimum atomic E-state index is -0.606. The zero-order chi connectivity index (χ0) is 10.3. The van der Waals surface area contributed by atoms with Crippen LogP contribution < -0.4 is 5.32 Å². The molecule has 0 saturated carbocycles. The molecular weight excluding hydrogens is 186 g/mol. The van der Waals surface area contributed by atoms with E-state index in [0.717, 1.165) is 0 Å². The van der Waals surface area contributed by atoms with Crippen LogP contribution in [-0.4, -0.2) is 43.7 Å². The van der Waals surface area contributed by atoms with Crippen molar-refractivity contribution < 1.29 is 19.0 Å². The molecule has 0 aliphatic carbocycles. The third-order valence-electron chi connectivity index (χ3n) is 2.46. The molecule has 1 N–H and O–H groups in total. The van der Waals surface area contributed by atoms with Crippen LogP contribution in [-0.2, 0) is 19.0 Å². The number of hydrogen-bond donors (Lipinski definition) is 1. The molecule has 0 spiro atoms. The monoisotopic (exact) mass is 201 g/mol. The fourth-order valence-corrected chi connectivity index (χ4v) is 1.91. The van der Waals surface area contributed by atoms with E-state index in [-0.39, 0.29) is 18.1 Å². The smallest absolute Gasteiger partial charge is 0.251 e. The molecular formula is C9H15NO4. The van der Waals surface area contributed by atoms with Crippen molar-refractivity contribution in [2.45, 2.75) is 37.9 Å². The van der Waals surface area contributed by atoms with E-state index in [0.29, 0.717) is 6.61 Å².